The van der Waals surface area contributed by atoms with Crippen LogP contribution < -0.4 is 0 Å². The molecule has 0 N–H and O–H groups in total. The molecule has 0 bridgehead atoms. The van der Waals surface area contributed by atoms with Crippen LogP contribution in [-0.2, 0) is 0 Å². The molecule has 2 heterocycles. The number of pyridine rings is 1. The summed E-state index contributed by atoms with van der Waals surface area (Å²) in [5, 5.41) is 7.10. The second-order valence-corrected chi connectivity index (χ2v) is 2.07. The fraction of sp³-hybridized carbons (Fsp3) is 0.167. The Hall–Kier alpha value is -1.45. The largest absolute Gasteiger partial charge is 0.335 e. The molecule has 0 aliphatic rings. The van der Waals surface area contributed by atoms with Crippen molar-refractivity contribution < 1.29 is 4.52 Å². The van der Waals surface area contributed by atoms with E-state index in [4.69, 9.17) is 4.52 Å². The van der Waals surface area contributed by atoms with Crippen LogP contribution in [-0.4, -0.2) is 15.4 Å². The quantitative estimate of drug-likeness (QED) is 0.539. The van der Waals surface area contributed by atoms with Crippen LogP contribution in [0.5, 0.6) is 0 Å². The highest BCUT2D eigenvalue weighted by Gasteiger charge is 1.98. The summed E-state index contributed by atoms with van der Waals surface area (Å²) in [6.07, 6.45) is 1.62. The molecule has 0 atom stereocenters. The van der Waals surface area contributed by atoms with Gasteiger partial charge in [0.05, 0.1) is 6.20 Å². The van der Waals surface area contributed by atoms with Gasteiger partial charge in [0.1, 0.15) is 5.52 Å². The molecular weight excluding hydrogens is 130 g/mol. The predicted octanol–water partition coefficient (Wildman–Crippen LogP) is 0.926. The fourth-order valence-corrected chi connectivity index (χ4v) is 0.790. The second kappa shape index (κ2) is 1.76. The Morgan fingerprint density at radius 3 is 3.30 bits per heavy atom. The summed E-state index contributed by atoms with van der Waals surface area (Å²) < 4.78 is 4.75. The van der Waals surface area contributed by atoms with E-state index in [-0.39, 0.29) is 0 Å². The van der Waals surface area contributed by atoms with E-state index in [1.807, 2.05) is 13.0 Å². The van der Waals surface area contributed by atoms with E-state index < -0.39 is 0 Å². The highest BCUT2D eigenvalue weighted by Crippen LogP contribution is 2.08. The van der Waals surface area contributed by atoms with Gasteiger partial charge in [0.15, 0.2) is 0 Å². The molecule has 2 aromatic rings. The minimum atomic E-state index is 0.630. The van der Waals surface area contributed by atoms with E-state index in [0.717, 1.165) is 11.2 Å². The van der Waals surface area contributed by atoms with Gasteiger partial charge in [-0.05, 0) is 13.0 Å². The zero-order valence-corrected chi connectivity index (χ0v) is 5.40. The Labute approximate surface area is 56.9 Å². The third-order valence-electron chi connectivity index (χ3n) is 1.27. The molecule has 0 aliphatic carbocycles. The summed E-state index contributed by atoms with van der Waals surface area (Å²) in [6, 6.07) is 1.83. The molecule has 0 fully saturated rings. The third kappa shape index (κ3) is 0.655. The Balaban J connectivity index is 2.86. The smallest absolute Gasteiger partial charge is 0.205 e. The molecule has 0 aliphatic heterocycles. The van der Waals surface area contributed by atoms with Crippen molar-refractivity contribution in [2.75, 3.05) is 0 Å². The van der Waals surface area contributed by atoms with Crippen molar-refractivity contribution in [3.8, 4) is 0 Å². The van der Waals surface area contributed by atoms with Gasteiger partial charge in [0, 0.05) is 11.0 Å². The molecule has 2 rings (SSSR count). The third-order valence-corrected chi connectivity index (χ3v) is 1.27. The SMILES string of the molecule is Cc1cc2nnoc2cn1. The number of fused-ring (bicyclic) bond motifs is 1. The van der Waals surface area contributed by atoms with Crippen LogP contribution >= 0.6 is 0 Å². The first kappa shape index (κ1) is 5.34. The molecule has 10 heavy (non-hydrogen) atoms. The number of aromatic nitrogens is 3. The van der Waals surface area contributed by atoms with Crippen LogP contribution in [0.2, 0.25) is 0 Å². The zero-order chi connectivity index (χ0) is 6.97. The topological polar surface area (TPSA) is 51.8 Å². The maximum absolute atomic E-state index is 4.75. The lowest BCUT2D eigenvalue weighted by molar-refractivity contribution is 0.423. The van der Waals surface area contributed by atoms with Gasteiger partial charge in [-0.1, -0.05) is 0 Å². The van der Waals surface area contributed by atoms with E-state index in [9.17, 15) is 0 Å². The average Bonchev–Trinajstić information content (AvgIpc) is 2.33. The Kier molecular flexibility index (Phi) is 0.943. The van der Waals surface area contributed by atoms with Crippen LogP contribution in [0, 0.1) is 6.92 Å². The van der Waals surface area contributed by atoms with Crippen molar-refractivity contribution in [2.45, 2.75) is 6.92 Å². The summed E-state index contributed by atoms with van der Waals surface area (Å²) in [5.41, 5.74) is 2.31. The number of rotatable bonds is 0. The molecular formula is C6H5N3O. The molecule has 50 valence electrons. The van der Waals surface area contributed by atoms with E-state index in [1.54, 1.807) is 6.20 Å². The Morgan fingerprint density at radius 2 is 2.40 bits per heavy atom. The molecule has 0 saturated carbocycles. The fourth-order valence-electron chi connectivity index (χ4n) is 0.790. The van der Waals surface area contributed by atoms with Crippen molar-refractivity contribution in [3.63, 3.8) is 0 Å². The molecule has 0 radical (unpaired) electrons. The number of nitrogens with zero attached hydrogens (tertiary/aromatic N) is 3. The van der Waals surface area contributed by atoms with Gasteiger partial charge < -0.3 is 4.52 Å². The minimum Gasteiger partial charge on any atom is -0.335 e. The van der Waals surface area contributed by atoms with Crippen molar-refractivity contribution in [1.82, 2.24) is 15.4 Å². The average molecular weight is 135 g/mol. The van der Waals surface area contributed by atoms with E-state index in [1.165, 1.54) is 0 Å². The molecule has 4 heteroatoms. The lowest BCUT2D eigenvalue weighted by Crippen LogP contribution is -1.77. The molecule has 4 nitrogen and oxygen atoms in total. The summed E-state index contributed by atoms with van der Waals surface area (Å²) in [7, 11) is 0. The predicted molar refractivity (Wildman–Crippen MR) is 34.3 cm³/mol. The number of aryl methyl sites for hydroxylation is 1. The van der Waals surface area contributed by atoms with Crippen LogP contribution in [0.25, 0.3) is 11.1 Å². The van der Waals surface area contributed by atoms with E-state index >= 15 is 0 Å². The summed E-state index contributed by atoms with van der Waals surface area (Å²) in [6.45, 7) is 1.90. The Bertz CT molecular complexity index is 355. The Morgan fingerprint density at radius 1 is 1.50 bits per heavy atom. The van der Waals surface area contributed by atoms with Gasteiger partial charge in [-0.2, -0.15) is 0 Å². The molecule has 0 amide bonds. The first-order chi connectivity index (χ1) is 4.86. The zero-order valence-electron chi connectivity index (χ0n) is 5.40. The maximum Gasteiger partial charge on any atom is 0.205 e. The first-order valence-electron chi connectivity index (χ1n) is 2.91. The van der Waals surface area contributed by atoms with Gasteiger partial charge >= 0.3 is 0 Å². The van der Waals surface area contributed by atoms with Crippen molar-refractivity contribution in [2.24, 2.45) is 0 Å². The van der Waals surface area contributed by atoms with Crippen LogP contribution in [0.15, 0.2) is 16.8 Å². The van der Waals surface area contributed by atoms with Crippen LogP contribution in [0.3, 0.4) is 0 Å². The van der Waals surface area contributed by atoms with E-state index in [0.29, 0.717) is 5.58 Å². The highest BCUT2D eigenvalue weighted by molar-refractivity contribution is 5.70. The van der Waals surface area contributed by atoms with Crippen molar-refractivity contribution in [1.29, 1.82) is 0 Å². The summed E-state index contributed by atoms with van der Waals surface area (Å²) in [4.78, 5) is 4.01. The van der Waals surface area contributed by atoms with Crippen molar-refractivity contribution >= 4 is 11.1 Å². The van der Waals surface area contributed by atoms with Crippen LogP contribution in [0.4, 0.5) is 0 Å². The molecule has 0 aromatic carbocycles. The molecule has 0 unspecified atom stereocenters. The van der Waals surface area contributed by atoms with Gasteiger partial charge in [-0.3, -0.25) is 4.98 Å². The monoisotopic (exact) mass is 135 g/mol. The van der Waals surface area contributed by atoms with Gasteiger partial charge in [-0.15, -0.1) is 5.10 Å². The molecule has 2 aromatic heterocycles. The summed E-state index contributed by atoms with van der Waals surface area (Å²) in [5.74, 6) is 0. The maximum atomic E-state index is 4.75. The molecule has 0 saturated heterocycles. The number of hydrogen-bond donors (Lipinski definition) is 0. The first-order valence-corrected chi connectivity index (χ1v) is 2.91. The summed E-state index contributed by atoms with van der Waals surface area (Å²) >= 11 is 0. The van der Waals surface area contributed by atoms with Gasteiger partial charge in [0.2, 0.25) is 5.58 Å². The van der Waals surface area contributed by atoms with Crippen LogP contribution in [0.1, 0.15) is 5.69 Å². The minimum absolute atomic E-state index is 0.630. The van der Waals surface area contributed by atoms with Gasteiger partial charge in [0.25, 0.3) is 0 Å². The lowest BCUT2D eigenvalue weighted by Gasteiger charge is -1.85. The van der Waals surface area contributed by atoms with E-state index in [2.05, 4.69) is 15.4 Å². The van der Waals surface area contributed by atoms with Crippen molar-refractivity contribution in [3.05, 3.63) is 18.0 Å². The normalized spacial score (nSPS) is 10.5. The second-order valence-electron chi connectivity index (χ2n) is 2.07. The highest BCUT2D eigenvalue weighted by atomic mass is 16.5. The number of hydrogen-bond acceptors (Lipinski definition) is 4. The molecule has 0 spiro atoms. The lowest BCUT2D eigenvalue weighted by atomic mass is 10.3. The standard InChI is InChI=1S/C6H5N3O/c1-4-2-5-6(3-7-4)10-9-8-5/h2-3H,1H3. The van der Waals surface area contributed by atoms with Gasteiger partial charge in [-0.25, -0.2) is 0 Å².